The normalized spacial score (nSPS) is 24.5. The summed E-state index contributed by atoms with van der Waals surface area (Å²) in [5.41, 5.74) is 1.00. The molecule has 3 atom stereocenters. The Balaban J connectivity index is 2.08. The van der Waals surface area contributed by atoms with Gasteiger partial charge in [0.25, 0.3) is 0 Å². The van der Waals surface area contributed by atoms with Gasteiger partial charge in [0.15, 0.2) is 0 Å². The van der Waals surface area contributed by atoms with Gasteiger partial charge < -0.3 is 14.9 Å². The zero-order valence-corrected chi connectivity index (χ0v) is 13.7. The molecule has 22 heavy (non-hydrogen) atoms. The molecule has 0 amide bonds. The quantitative estimate of drug-likeness (QED) is 0.808. The van der Waals surface area contributed by atoms with Crippen LogP contribution in [0.1, 0.15) is 25.3 Å². The van der Waals surface area contributed by atoms with Crippen molar-refractivity contribution in [2.75, 3.05) is 13.3 Å². The molecular formula is C15H23NO5S. The molecule has 6 nitrogen and oxygen atoms in total. The molecule has 1 saturated heterocycles. The number of nitrogens with zero attached hydrogens (tertiary/aromatic N) is 1. The third-order valence-corrected chi connectivity index (χ3v) is 5.95. The maximum absolute atomic E-state index is 12.7. The fourth-order valence-corrected chi connectivity index (χ4v) is 4.04. The molecule has 2 N–H and O–H groups in total. The molecule has 0 bridgehead atoms. The maximum Gasteiger partial charge on any atom is 0.245 e. The maximum atomic E-state index is 12.7. The van der Waals surface area contributed by atoms with Gasteiger partial charge in [-0.15, -0.1) is 0 Å². The summed E-state index contributed by atoms with van der Waals surface area (Å²) in [7, 11) is -3.59. The number of aryl methyl sites for hydroxylation is 1. The van der Waals surface area contributed by atoms with Gasteiger partial charge in [0.05, 0.1) is 29.8 Å². The highest BCUT2D eigenvalue weighted by atomic mass is 32.2. The number of sulfonamides is 1. The Labute approximate surface area is 131 Å². The average Bonchev–Trinajstić information content (AvgIpc) is 2.87. The highest BCUT2D eigenvalue weighted by molar-refractivity contribution is 7.89. The zero-order chi connectivity index (χ0) is 16.3. The van der Waals surface area contributed by atoms with Crippen LogP contribution in [0.3, 0.4) is 0 Å². The molecule has 0 spiro atoms. The Kier molecular flexibility index (Phi) is 5.57. The van der Waals surface area contributed by atoms with Crippen molar-refractivity contribution in [3.8, 4) is 0 Å². The number of aliphatic hydroxyl groups is 2. The van der Waals surface area contributed by atoms with Gasteiger partial charge in [0.2, 0.25) is 10.0 Å². The number of hydrogen-bond donors (Lipinski definition) is 2. The van der Waals surface area contributed by atoms with Gasteiger partial charge in [-0.2, -0.15) is 4.31 Å². The molecule has 1 heterocycles. The molecule has 0 radical (unpaired) electrons. The van der Waals surface area contributed by atoms with Gasteiger partial charge in [-0.25, -0.2) is 8.42 Å². The second kappa shape index (κ2) is 7.06. The van der Waals surface area contributed by atoms with Crippen LogP contribution in [0.4, 0.5) is 0 Å². The van der Waals surface area contributed by atoms with Crippen LogP contribution in [0.2, 0.25) is 0 Å². The smallest absolute Gasteiger partial charge is 0.245 e. The Morgan fingerprint density at radius 1 is 1.36 bits per heavy atom. The molecule has 124 valence electrons. The van der Waals surface area contributed by atoms with Crippen molar-refractivity contribution in [1.82, 2.24) is 4.31 Å². The van der Waals surface area contributed by atoms with E-state index in [0.717, 1.165) is 5.56 Å². The van der Waals surface area contributed by atoms with Crippen molar-refractivity contribution in [2.24, 2.45) is 0 Å². The van der Waals surface area contributed by atoms with Gasteiger partial charge in [-0.05, 0) is 38.8 Å². The molecule has 0 aliphatic carbocycles. The minimum Gasteiger partial charge on any atom is -0.394 e. The second-order valence-electron chi connectivity index (χ2n) is 5.69. The van der Waals surface area contributed by atoms with E-state index in [0.29, 0.717) is 12.8 Å². The van der Waals surface area contributed by atoms with E-state index in [2.05, 4.69) is 0 Å². The van der Waals surface area contributed by atoms with Crippen LogP contribution in [0, 0.1) is 6.92 Å². The van der Waals surface area contributed by atoms with E-state index in [1.54, 1.807) is 31.2 Å². The number of rotatable bonds is 6. The number of ether oxygens (including phenoxy) is 1. The summed E-state index contributed by atoms with van der Waals surface area (Å²) in [5, 5.41) is 18.2. The minimum atomic E-state index is -3.59. The molecule has 1 aliphatic rings. The zero-order valence-electron chi connectivity index (χ0n) is 12.8. The standard InChI is InChI=1S/C15H23NO5S/c1-11-3-6-14(7-4-11)22(19,20)16-10-21-15(12(16)2)8-5-13(18)9-17/h3-4,6-7,12-13,15,17-18H,5,8-10H2,1-2H3/t12-,13-,15-/m0/s1. The fourth-order valence-electron chi connectivity index (χ4n) is 2.52. The van der Waals surface area contributed by atoms with Crippen molar-refractivity contribution in [1.29, 1.82) is 0 Å². The molecule has 1 aromatic carbocycles. The first-order chi connectivity index (χ1) is 10.4. The van der Waals surface area contributed by atoms with Gasteiger partial charge >= 0.3 is 0 Å². The lowest BCUT2D eigenvalue weighted by atomic mass is 10.1. The SMILES string of the molecule is Cc1ccc(S(=O)(=O)N2CO[C@@H](CC[C@H](O)CO)[C@@H]2C)cc1. The number of hydrogen-bond acceptors (Lipinski definition) is 5. The van der Waals surface area contributed by atoms with E-state index in [1.807, 2.05) is 6.92 Å². The summed E-state index contributed by atoms with van der Waals surface area (Å²) in [4.78, 5) is 0.254. The van der Waals surface area contributed by atoms with Crippen LogP contribution in [-0.4, -0.2) is 54.5 Å². The molecule has 0 aromatic heterocycles. The van der Waals surface area contributed by atoms with Crippen molar-refractivity contribution >= 4 is 10.0 Å². The van der Waals surface area contributed by atoms with E-state index in [9.17, 15) is 13.5 Å². The summed E-state index contributed by atoms with van der Waals surface area (Å²) >= 11 is 0. The summed E-state index contributed by atoms with van der Waals surface area (Å²) in [6, 6.07) is 6.42. The Bertz CT molecular complexity index is 586. The molecule has 0 unspecified atom stereocenters. The number of benzene rings is 1. The van der Waals surface area contributed by atoms with E-state index < -0.39 is 16.1 Å². The lowest BCUT2D eigenvalue weighted by molar-refractivity contribution is 0.0524. The molecule has 2 rings (SSSR count). The Morgan fingerprint density at radius 2 is 2.00 bits per heavy atom. The highest BCUT2D eigenvalue weighted by Crippen LogP contribution is 2.28. The van der Waals surface area contributed by atoms with Crippen LogP contribution in [0.15, 0.2) is 29.2 Å². The van der Waals surface area contributed by atoms with Gasteiger partial charge in [0, 0.05) is 0 Å². The van der Waals surface area contributed by atoms with Crippen molar-refractivity contribution in [3.63, 3.8) is 0 Å². The van der Waals surface area contributed by atoms with E-state index in [-0.39, 0.29) is 30.4 Å². The first kappa shape index (κ1) is 17.4. The van der Waals surface area contributed by atoms with Crippen LogP contribution in [-0.2, 0) is 14.8 Å². The Morgan fingerprint density at radius 3 is 2.59 bits per heavy atom. The summed E-state index contributed by atoms with van der Waals surface area (Å²) in [6.45, 7) is 3.42. The van der Waals surface area contributed by atoms with E-state index in [4.69, 9.17) is 9.84 Å². The molecular weight excluding hydrogens is 306 g/mol. The van der Waals surface area contributed by atoms with Crippen LogP contribution in [0.25, 0.3) is 0 Å². The second-order valence-corrected chi connectivity index (χ2v) is 7.58. The van der Waals surface area contributed by atoms with E-state index in [1.165, 1.54) is 4.31 Å². The third-order valence-electron chi connectivity index (χ3n) is 4.03. The lowest BCUT2D eigenvalue weighted by Gasteiger charge is -2.22. The van der Waals surface area contributed by atoms with E-state index >= 15 is 0 Å². The molecule has 0 saturated carbocycles. The molecule has 1 fully saturated rings. The summed E-state index contributed by atoms with van der Waals surface area (Å²) < 4.78 is 32.2. The van der Waals surface area contributed by atoms with Gasteiger partial charge in [-0.1, -0.05) is 17.7 Å². The van der Waals surface area contributed by atoms with Gasteiger partial charge in [-0.3, -0.25) is 0 Å². The first-order valence-corrected chi connectivity index (χ1v) is 8.79. The predicted octanol–water partition coefficient (Wildman–Crippen LogP) is 0.864. The monoisotopic (exact) mass is 329 g/mol. The lowest BCUT2D eigenvalue weighted by Crippen LogP contribution is -2.37. The minimum absolute atomic E-state index is 0.0112. The molecule has 1 aliphatic heterocycles. The predicted molar refractivity (Wildman–Crippen MR) is 81.7 cm³/mol. The van der Waals surface area contributed by atoms with Crippen LogP contribution < -0.4 is 0 Å². The average molecular weight is 329 g/mol. The van der Waals surface area contributed by atoms with Crippen LogP contribution in [0.5, 0.6) is 0 Å². The van der Waals surface area contributed by atoms with Crippen LogP contribution >= 0.6 is 0 Å². The Hall–Kier alpha value is -0.990. The molecule has 7 heteroatoms. The van der Waals surface area contributed by atoms with Crippen molar-refractivity contribution < 1.29 is 23.4 Å². The fraction of sp³-hybridized carbons (Fsp3) is 0.600. The largest absolute Gasteiger partial charge is 0.394 e. The summed E-state index contributed by atoms with van der Waals surface area (Å²) in [6.07, 6.45) is -0.188. The molecule has 1 aromatic rings. The first-order valence-electron chi connectivity index (χ1n) is 7.35. The van der Waals surface area contributed by atoms with Crippen molar-refractivity contribution in [3.05, 3.63) is 29.8 Å². The van der Waals surface area contributed by atoms with Gasteiger partial charge in [0.1, 0.15) is 6.73 Å². The van der Waals surface area contributed by atoms with Crippen molar-refractivity contribution in [2.45, 2.75) is 49.8 Å². The topological polar surface area (TPSA) is 87.1 Å². The highest BCUT2D eigenvalue weighted by Gasteiger charge is 2.39. The third kappa shape index (κ3) is 3.67. The number of aliphatic hydroxyl groups excluding tert-OH is 2. The summed E-state index contributed by atoms with van der Waals surface area (Å²) in [5.74, 6) is 0.